The topological polar surface area (TPSA) is 40.6 Å². The summed E-state index contributed by atoms with van der Waals surface area (Å²) in [4.78, 5) is 28.2. The summed E-state index contributed by atoms with van der Waals surface area (Å²) in [6, 6.07) is 13.2. The lowest BCUT2D eigenvalue weighted by Crippen LogP contribution is -2.50. The minimum absolute atomic E-state index is 0.0690. The molecule has 0 bridgehead atoms. The van der Waals surface area contributed by atoms with E-state index in [1.54, 1.807) is 28.0 Å². The fourth-order valence-corrected chi connectivity index (χ4v) is 3.18. The van der Waals surface area contributed by atoms with Crippen molar-refractivity contribution in [3.05, 3.63) is 69.9 Å². The van der Waals surface area contributed by atoms with Crippen LogP contribution >= 0.6 is 15.9 Å². The molecule has 0 aliphatic carbocycles. The van der Waals surface area contributed by atoms with Crippen molar-refractivity contribution in [3.63, 3.8) is 0 Å². The molecule has 0 spiro atoms. The van der Waals surface area contributed by atoms with Gasteiger partial charge in [0.1, 0.15) is 5.82 Å². The SMILES string of the molecule is O=C(c1ccccc1F)N1CCN(C(=O)c2ccccc2Br)CC1. The summed E-state index contributed by atoms with van der Waals surface area (Å²) in [5.41, 5.74) is 0.675. The standard InChI is InChI=1S/C18H16BrFN2O2/c19-15-7-3-1-5-13(15)17(23)21-9-11-22(12-10-21)18(24)14-6-2-4-8-16(14)20/h1-8H,9-12H2. The number of halogens is 2. The summed E-state index contributed by atoms with van der Waals surface area (Å²) < 4.78 is 14.5. The Morgan fingerprint density at radius 3 is 1.79 bits per heavy atom. The lowest BCUT2D eigenvalue weighted by Gasteiger charge is -2.35. The van der Waals surface area contributed by atoms with Crippen LogP contribution in [0.3, 0.4) is 0 Å². The van der Waals surface area contributed by atoms with Crippen LogP contribution in [0.1, 0.15) is 20.7 Å². The first-order valence-electron chi connectivity index (χ1n) is 7.65. The number of hydrogen-bond donors (Lipinski definition) is 0. The molecule has 124 valence electrons. The van der Waals surface area contributed by atoms with Crippen molar-refractivity contribution in [2.24, 2.45) is 0 Å². The summed E-state index contributed by atoms with van der Waals surface area (Å²) in [5, 5.41) is 0. The van der Waals surface area contributed by atoms with Crippen LogP contribution in [0, 0.1) is 5.82 Å². The fraction of sp³-hybridized carbons (Fsp3) is 0.222. The Morgan fingerprint density at radius 2 is 1.25 bits per heavy atom. The third kappa shape index (κ3) is 3.33. The predicted octanol–water partition coefficient (Wildman–Crippen LogP) is 3.19. The van der Waals surface area contributed by atoms with E-state index in [0.29, 0.717) is 31.7 Å². The minimum atomic E-state index is -0.519. The van der Waals surface area contributed by atoms with Crippen molar-refractivity contribution in [3.8, 4) is 0 Å². The van der Waals surface area contributed by atoms with E-state index in [2.05, 4.69) is 15.9 Å². The highest BCUT2D eigenvalue weighted by molar-refractivity contribution is 9.10. The highest BCUT2D eigenvalue weighted by Crippen LogP contribution is 2.19. The summed E-state index contributed by atoms with van der Waals surface area (Å²) in [6.07, 6.45) is 0. The quantitative estimate of drug-likeness (QED) is 0.789. The van der Waals surface area contributed by atoms with E-state index >= 15 is 0 Å². The van der Waals surface area contributed by atoms with Gasteiger partial charge in [0.15, 0.2) is 0 Å². The monoisotopic (exact) mass is 390 g/mol. The molecular weight excluding hydrogens is 375 g/mol. The number of carbonyl (C=O) groups excluding carboxylic acids is 2. The zero-order valence-corrected chi connectivity index (χ0v) is 14.5. The lowest BCUT2D eigenvalue weighted by molar-refractivity contribution is 0.0532. The second kappa shape index (κ2) is 7.13. The van der Waals surface area contributed by atoms with Gasteiger partial charge in [-0.1, -0.05) is 24.3 Å². The summed E-state index contributed by atoms with van der Waals surface area (Å²) >= 11 is 3.38. The maximum Gasteiger partial charge on any atom is 0.256 e. The van der Waals surface area contributed by atoms with E-state index in [9.17, 15) is 14.0 Å². The first-order chi connectivity index (χ1) is 11.6. The van der Waals surface area contributed by atoms with Gasteiger partial charge < -0.3 is 9.80 Å². The highest BCUT2D eigenvalue weighted by atomic mass is 79.9. The van der Waals surface area contributed by atoms with E-state index in [-0.39, 0.29) is 17.4 Å². The van der Waals surface area contributed by atoms with Gasteiger partial charge in [-0.3, -0.25) is 9.59 Å². The number of piperazine rings is 1. The third-order valence-corrected chi connectivity index (χ3v) is 4.75. The molecule has 2 aromatic carbocycles. The average Bonchev–Trinajstić information content (AvgIpc) is 2.61. The second-order valence-electron chi connectivity index (χ2n) is 5.54. The van der Waals surface area contributed by atoms with Crippen LogP contribution < -0.4 is 0 Å². The number of hydrogen-bond acceptors (Lipinski definition) is 2. The van der Waals surface area contributed by atoms with Gasteiger partial charge in [0.25, 0.3) is 11.8 Å². The zero-order chi connectivity index (χ0) is 17.1. The Labute approximate surface area is 148 Å². The summed E-state index contributed by atoms with van der Waals surface area (Å²) in [5.74, 6) is -0.921. The van der Waals surface area contributed by atoms with Gasteiger partial charge in [0, 0.05) is 30.7 Å². The molecule has 0 atom stereocenters. The van der Waals surface area contributed by atoms with Gasteiger partial charge in [-0.25, -0.2) is 4.39 Å². The second-order valence-corrected chi connectivity index (χ2v) is 6.40. The van der Waals surface area contributed by atoms with Crippen LogP contribution in [0.4, 0.5) is 4.39 Å². The zero-order valence-electron chi connectivity index (χ0n) is 12.9. The Hall–Kier alpha value is -2.21. The predicted molar refractivity (Wildman–Crippen MR) is 92.3 cm³/mol. The first-order valence-corrected chi connectivity index (χ1v) is 8.45. The van der Waals surface area contributed by atoms with Crippen molar-refractivity contribution >= 4 is 27.7 Å². The Kier molecular flexibility index (Phi) is 4.94. The van der Waals surface area contributed by atoms with Crippen LogP contribution in [0.2, 0.25) is 0 Å². The van der Waals surface area contributed by atoms with Crippen LogP contribution in [-0.2, 0) is 0 Å². The smallest absolute Gasteiger partial charge is 0.256 e. The van der Waals surface area contributed by atoms with Crippen molar-refractivity contribution in [1.82, 2.24) is 9.80 Å². The lowest BCUT2D eigenvalue weighted by atomic mass is 10.1. The van der Waals surface area contributed by atoms with E-state index in [1.165, 1.54) is 12.1 Å². The van der Waals surface area contributed by atoms with Crippen molar-refractivity contribution in [2.75, 3.05) is 26.2 Å². The third-order valence-electron chi connectivity index (χ3n) is 4.06. The molecule has 6 heteroatoms. The molecule has 0 saturated carbocycles. The van der Waals surface area contributed by atoms with Crippen LogP contribution in [-0.4, -0.2) is 47.8 Å². The maximum atomic E-state index is 13.7. The normalized spacial score (nSPS) is 14.6. The van der Waals surface area contributed by atoms with Gasteiger partial charge in [-0.2, -0.15) is 0 Å². The number of nitrogens with zero attached hydrogens (tertiary/aromatic N) is 2. The molecule has 1 aliphatic rings. The molecule has 2 amide bonds. The molecule has 1 aliphatic heterocycles. The van der Waals surface area contributed by atoms with E-state index in [1.807, 2.05) is 18.2 Å². The molecule has 1 fully saturated rings. The molecule has 0 aromatic heterocycles. The highest BCUT2D eigenvalue weighted by Gasteiger charge is 2.27. The van der Waals surface area contributed by atoms with Gasteiger partial charge in [-0.15, -0.1) is 0 Å². The van der Waals surface area contributed by atoms with Gasteiger partial charge in [-0.05, 0) is 40.2 Å². The number of carbonyl (C=O) groups is 2. The Balaban J connectivity index is 1.66. The largest absolute Gasteiger partial charge is 0.335 e. The number of benzene rings is 2. The van der Waals surface area contributed by atoms with E-state index < -0.39 is 5.82 Å². The van der Waals surface area contributed by atoms with E-state index in [4.69, 9.17) is 0 Å². The molecule has 3 rings (SSSR count). The number of rotatable bonds is 2. The maximum absolute atomic E-state index is 13.7. The van der Waals surface area contributed by atoms with Crippen LogP contribution in [0.25, 0.3) is 0 Å². The minimum Gasteiger partial charge on any atom is -0.335 e. The van der Waals surface area contributed by atoms with E-state index in [0.717, 1.165) is 4.47 Å². The fourth-order valence-electron chi connectivity index (χ4n) is 2.72. The Morgan fingerprint density at radius 1 is 0.792 bits per heavy atom. The number of amides is 2. The van der Waals surface area contributed by atoms with Crippen LogP contribution in [0.5, 0.6) is 0 Å². The summed E-state index contributed by atoms with van der Waals surface area (Å²) in [7, 11) is 0. The Bertz CT molecular complexity index is 708. The molecule has 0 radical (unpaired) electrons. The molecule has 24 heavy (non-hydrogen) atoms. The van der Waals surface area contributed by atoms with Gasteiger partial charge in [0.05, 0.1) is 11.1 Å². The van der Waals surface area contributed by atoms with Crippen LogP contribution in [0.15, 0.2) is 53.0 Å². The molecule has 1 saturated heterocycles. The van der Waals surface area contributed by atoms with Gasteiger partial charge >= 0.3 is 0 Å². The molecular formula is C18H16BrFN2O2. The molecule has 4 nitrogen and oxygen atoms in total. The molecule has 1 heterocycles. The average molecular weight is 391 g/mol. The first kappa shape index (κ1) is 16.6. The van der Waals surface area contributed by atoms with Crippen molar-refractivity contribution < 1.29 is 14.0 Å². The molecule has 0 N–H and O–H groups in total. The molecule has 0 unspecified atom stereocenters. The van der Waals surface area contributed by atoms with Crippen molar-refractivity contribution in [1.29, 1.82) is 0 Å². The van der Waals surface area contributed by atoms with Gasteiger partial charge in [0.2, 0.25) is 0 Å². The summed E-state index contributed by atoms with van der Waals surface area (Å²) in [6.45, 7) is 1.65. The van der Waals surface area contributed by atoms with Crippen molar-refractivity contribution in [2.45, 2.75) is 0 Å². The molecule has 2 aromatic rings.